The first-order valence-electron chi connectivity index (χ1n) is 13.1. The minimum atomic E-state index is -0.284. The van der Waals surface area contributed by atoms with Crippen molar-refractivity contribution in [3.63, 3.8) is 0 Å². The van der Waals surface area contributed by atoms with Crippen molar-refractivity contribution in [3.8, 4) is 0 Å². The molecule has 0 radical (unpaired) electrons. The number of H-pyrrole nitrogens is 1. The molecule has 2 fully saturated rings. The van der Waals surface area contributed by atoms with Gasteiger partial charge in [-0.05, 0) is 52.8 Å². The maximum absolute atomic E-state index is 13.5. The quantitative estimate of drug-likeness (QED) is 0.449. The first-order chi connectivity index (χ1) is 17.7. The third kappa shape index (κ3) is 4.47. The highest BCUT2D eigenvalue weighted by molar-refractivity contribution is 5.82. The van der Waals surface area contributed by atoms with E-state index in [0.717, 1.165) is 73.4 Å². The van der Waals surface area contributed by atoms with Crippen molar-refractivity contribution in [3.05, 3.63) is 87.5 Å². The van der Waals surface area contributed by atoms with Gasteiger partial charge >= 0.3 is 0 Å². The number of hydrogen-bond donors (Lipinski definition) is 1. The second-order valence-electron chi connectivity index (χ2n) is 10.2. The van der Waals surface area contributed by atoms with Gasteiger partial charge in [0.1, 0.15) is 6.04 Å². The molecule has 0 unspecified atom stereocenters. The molecule has 0 spiro atoms. The van der Waals surface area contributed by atoms with Gasteiger partial charge in [0.2, 0.25) is 0 Å². The van der Waals surface area contributed by atoms with Gasteiger partial charge in [-0.2, -0.15) is 0 Å². The van der Waals surface area contributed by atoms with Gasteiger partial charge in [0.15, 0.2) is 5.82 Å². The van der Waals surface area contributed by atoms with Crippen LogP contribution < -0.4 is 5.56 Å². The van der Waals surface area contributed by atoms with E-state index in [2.05, 4.69) is 72.8 Å². The van der Waals surface area contributed by atoms with Crippen LogP contribution in [0.1, 0.15) is 60.3 Å². The first-order valence-corrected chi connectivity index (χ1v) is 13.1. The molecular formula is C28H33N7O. The summed E-state index contributed by atoms with van der Waals surface area (Å²) in [6.07, 6.45) is 4.57. The second kappa shape index (κ2) is 9.95. The zero-order valence-electron chi connectivity index (χ0n) is 20.8. The number of piperazine rings is 1. The largest absolute Gasteiger partial charge is 0.321 e. The van der Waals surface area contributed by atoms with Gasteiger partial charge in [-0.25, -0.2) is 4.68 Å². The molecule has 1 aliphatic heterocycles. The lowest BCUT2D eigenvalue weighted by Gasteiger charge is -2.39. The van der Waals surface area contributed by atoms with Crippen LogP contribution in [-0.4, -0.2) is 61.2 Å². The zero-order chi connectivity index (χ0) is 24.5. The molecule has 2 aliphatic rings. The molecule has 6 rings (SSSR count). The molecule has 186 valence electrons. The Hall–Kier alpha value is -3.36. The molecule has 4 aromatic rings. The predicted molar refractivity (Wildman–Crippen MR) is 140 cm³/mol. The Morgan fingerprint density at radius 2 is 1.78 bits per heavy atom. The number of rotatable bonds is 6. The molecule has 36 heavy (non-hydrogen) atoms. The third-order valence-electron chi connectivity index (χ3n) is 7.87. The molecule has 0 bridgehead atoms. The van der Waals surface area contributed by atoms with Gasteiger partial charge < -0.3 is 4.98 Å². The van der Waals surface area contributed by atoms with Crippen molar-refractivity contribution in [2.75, 3.05) is 26.2 Å². The fraction of sp³-hybridized carbons (Fsp3) is 0.429. The minimum Gasteiger partial charge on any atom is -0.321 e. The number of tetrazole rings is 1. The number of hydrogen-bond acceptors (Lipinski definition) is 6. The van der Waals surface area contributed by atoms with Crippen LogP contribution in [-0.2, 0) is 6.54 Å². The molecule has 0 amide bonds. The summed E-state index contributed by atoms with van der Waals surface area (Å²) in [5.41, 5.74) is 3.95. The second-order valence-corrected chi connectivity index (χ2v) is 10.2. The average Bonchev–Trinajstić information content (AvgIpc) is 3.59. The molecule has 1 atom stereocenters. The van der Waals surface area contributed by atoms with E-state index in [-0.39, 0.29) is 11.6 Å². The Morgan fingerprint density at radius 1 is 1.00 bits per heavy atom. The van der Waals surface area contributed by atoms with E-state index < -0.39 is 0 Å². The molecule has 1 aliphatic carbocycles. The molecular weight excluding hydrogens is 450 g/mol. The lowest BCUT2D eigenvalue weighted by atomic mass is 10.0. The van der Waals surface area contributed by atoms with Crippen LogP contribution in [0.4, 0.5) is 0 Å². The van der Waals surface area contributed by atoms with Crippen molar-refractivity contribution in [1.82, 2.24) is 35.0 Å². The molecule has 1 N–H and O–H groups in total. The Morgan fingerprint density at radius 3 is 2.56 bits per heavy atom. The van der Waals surface area contributed by atoms with Crippen LogP contribution in [0.2, 0.25) is 0 Å². The molecule has 3 heterocycles. The van der Waals surface area contributed by atoms with Crippen molar-refractivity contribution in [2.45, 2.75) is 51.2 Å². The van der Waals surface area contributed by atoms with Gasteiger partial charge in [0.05, 0.1) is 11.6 Å². The summed E-state index contributed by atoms with van der Waals surface area (Å²) in [6, 6.07) is 18.8. The lowest BCUT2D eigenvalue weighted by molar-refractivity contribution is 0.0989. The van der Waals surface area contributed by atoms with E-state index >= 15 is 0 Å². The summed E-state index contributed by atoms with van der Waals surface area (Å²) in [5, 5.41) is 14.1. The standard InChI is InChI=1S/C28H33N7O/c1-20-8-7-11-22-18-24(28(36)29-25(20)22)26(27-30-31-32-35(27)23-12-5-6-13-23)34-16-14-33(15-17-34)19-21-9-3-2-4-10-21/h2-4,7-11,18,23,26H,5-6,12-17,19H2,1H3,(H,29,36)/t26-/m1/s1. The van der Waals surface area contributed by atoms with E-state index in [1.54, 1.807) is 0 Å². The van der Waals surface area contributed by atoms with Gasteiger partial charge in [-0.1, -0.05) is 61.4 Å². The third-order valence-corrected chi connectivity index (χ3v) is 7.87. The summed E-state index contributed by atoms with van der Waals surface area (Å²) in [6.45, 7) is 6.53. The first kappa shape index (κ1) is 23.1. The summed E-state index contributed by atoms with van der Waals surface area (Å²) in [4.78, 5) is 21.6. The number of para-hydroxylation sites is 1. The number of fused-ring (bicyclic) bond motifs is 1. The molecule has 8 heteroatoms. The molecule has 8 nitrogen and oxygen atoms in total. The smallest absolute Gasteiger partial charge is 0.253 e. The highest BCUT2D eigenvalue weighted by atomic mass is 16.1. The summed E-state index contributed by atoms with van der Waals surface area (Å²) < 4.78 is 2.01. The number of aromatic amines is 1. The van der Waals surface area contributed by atoms with E-state index in [4.69, 9.17) is 0 Å². The zero-order valence-corrected chi connectivity index (χ0v) is 20.8. The number of nitrogens with zero attached hydrogens (tertiary/aromatic N) is 6. The van der Waals surface area contributed by atoms with Crippen molar-refractivity contribution in [2.24, 2.45) is 0 Å². The summed E-state index contributed by atoms with van der Waals surface area (Å²) in [7, 11) is 0. The van der Waals surface area contributed by atoms with E-state index in [0.29, 0.717) is 6.04 Å². The Balaban J connectivity index is 1.35. The van der Waals surface area contributed by atoms with Gasteiger partial charge in [0.25, 0.3) is 5.56 Å². The SMILES string of the molecule is Cc1cccc2cc([C@H](c3nnnn3C3CCCC3)N3CCN(Cc4ccccc4)CC3)c(=O)[nH]c12. The van der Waals surface area contributed by atoms with Crippen molar-refractivity contribution < 1.29 is 0 Å². The van der Waals surface area contributed by atoms with E-state index in [9.17, 15) is 4.79 Å². The van der Waals surface area contributed by atoms with Crippen LogP contribution in [0.25, 0.3) is 10.9 Å². The van der Waals surface area contributed by atoms with E-state index in [1.165, 1.54) is 18.4 Å². The van der Waals surface area contributed by atoms with Crippen LogP contribution >= 0.6 is 0 Å². The highest BCUT2D eigenvalue weighted by Gasteiger charge is 2.34. The van der Waals surface area contributed by atoms with Crippen molar-refractivity contribution >= 4 is 10.9 Å². The number of nitrogens with one attached hydrogen (secondary N) is 1. The fourth-order valence-electron chi connectivity index (χ4n) is 5.91. The van der Waals surface area contributed by atoms with E-state index in [1.807, 2.05) is 23.7 Å². The molecule has 2 aromatic carbocycles. The maximum atomic E-state index is 13.5. The summed E-state index contributed by atoms with van der Waals surface area (Å²) in [5.74, 6) is 0.788. The van der Waals surface area contributed by atoms with Crippen LogP contribution in [0.5, 0.6) is 0 Å². The van der Waals surface area contributed by atoms with Crippen molar-refractivity contribution in [1.29, 1.82) is 0 Å². The number of aryl methyl sites for hydroxylation is 1. The van der Waals surface area contributed by atoms with Crippen LogP contribution in [0.3, 0.4) is 0 Å². The molecule has 1 saturated heterocycles. The topological polar surface area (TPSA) is 82.9 Å². The maximum Gasteiger partial charge on any atom is 0.253 e. The summed E-state index contributed by atoms with van der Waals surface area (Å²) >= 11 is 0. The molecule has 1 saturated carbocycles. The van der Waals surface area contributed by atoms with Gasteiger partial charge in [0, 0.05) is 38.3 Å². The molecule has 2 aromatic heterocycles. The number of benzene rings is 2. The monoisotopic (exact) mass is 483 g/mol. The lowest BCUT2D eigenvalue weighted by Crippen LogP contribution is -2.48. The Labute approximate surface area is 210 Å². The number of aromatic nitrogens is 5. The van der Waals surface area contributed by atoms with Gasteiger partial charge in [-0.15, -0.1) is 5.10 Å². The Kier molecular flexibility index (Phi) is 6.37. The average molecular weight is 484 g/mol. The van der Waals surface area contributed by atoms with Crippen LogP contribution in [0.15, 0.2) is 59.4 Å². The Bertz CT molecular complexity index is 1380. The normalized spacial score (nSPS) is 18.7. The minimum absolute atomic E-state index is 0.0607. The predicted octanol–water partition coefficient (Wildman–Crippen LogP) is 3.85. The van der Waals surface area contributed by atoms with Gasteiger partial charge in [-0.3, -0.25) is 14.6 Å². The fourth-order valence-corrected chi connectivity index (χ4v) is 5.91. The van der Waals surface area contributed by atoms with Crippen LogP contribution in [0, 0.1) is 6.92 Å². The highest BCUT2D eigenvalue weighted by Crippen LogP contribution is 2.34. The number of pyridine rings is 1.